The van der Waals surface area contributed by atoms with E-state index < -0.39 is 0 Å². The molecule has 1 fully saturated rings. The molecule has 3 rings (SSSR count). The van der Waals surface area contributed by atoms with Gasteiger partial charge in [0.15, 0.2) is 0 Å². The number of hydrogen-bond acceptors (Lipinski definition) is 3. The summed E-state index contributed by atoms with van der Waals surface area (Å²) in [6.07, 6.45) is 3.60. The first-order chi connectivity index (χ1) is 9.22. The second kappa shape index (κ2) is 5.25. The summed E-state index contributed by atoms with van der Waals surface area (Å²) < 4.78 is 0. The number of nitrogens with zero attached hydrogens (tertiary/aromatic N) is 1. The van der Waals surface area contributed by atoms with Crippen LogP contribution in [0.4, 0.5) is 0 Å². The van der Waals surface area contributed by atoms with Crippen LogP contribution < -0.4 is 5.32 Å². The van der Waals surface area contributed by atoms with Crippen LogP contribution >= 0.6 is 11.3 Å². The number of thiophene rings is 1. The molecule has 1 aromatic heterocycles. The van der Waals surface area contributed by atoms with E-state index in [-0.39, 0.29) is 5.92 Å². The lowest BCUT2D eigenvalue weighted by Crippen LogP contribution is -2.44. The summed E-state index contributed by atoms with van der Waals surface area (Å²) in [6, 6.07) is 2.60. The molecule has 0 radical (unpaired) electrons. The van der Waals surface area contributed by atoms with Crippen LogP contribution in [0.15, 0.2) is 11.4 Å². The molecule has 1 amide bonds. The molecule has 2 atom stereocenters. The van der Waals surface area contributed by atoms with Crippen molar-refractivity contribution < 1.29 is 4.79 Å². The summed E-state index contributed by atoms with van der Waals surface area (Å²) in [6.45, 7) is 3.71. The first-order valence-electron chi connectivity index (χ1n) is 7.23. The molecule has 104 valence electrons. The highest BCUT2D eigenvalue weighted by atomic mass is 32.1. The van der Waals surface area contributed by atoms with Gasteiger partial charge in [-0.25, -0.2) is 0 Å². The summed E-state index contributed by atoms with van der Waals surface area (Å²) in [5.74, 6) is 1.11. The molecule has 1 N–H and O–H groups in total. The number of carbonyl (C=O) groups excluding carboxylic acids is 1. The zero-order chi connectivity index (χ0) is 13.4. The highest BCUT2D eigenvalue weighted by Crippen LogP contribution is 2.48. The lowest BCUT2D eigenvalue weighted by atomic mass is 9.94. The minimum atomic E-state index is 0.0754. The van der Waals surface area contributed by atoms with Crippen molar-refractivity contribution in [3.63, 3.8) is 0 Å². The number of carbonyl (C=O) groups is 1. The van der Waals surface area contributed by atoms with Gasteiger partial charge < -0.3 is 10.2 Å². The van der Waals surface area contributed by atoms with E-state index in [4.69, 9.17) is 0 Å². The first kappa shape index (κ1) is 13.1. The minimum absolute atomic E-state index is 0.0754. The third-order valence-electron chi connectivity index (χ3n) is 4.30. The Morgan fingerprint density at radius 1 is 1.58 bits per heavy atom. The summed E-state index contributed by atoms with van der Waals surface area (Å²) in [5.41, 5.74) is 1.43. The molecule has 0 spiro atoms. The smallest absolute Gasteiger partial charge is 0.227 e. The molecule has 0 saturated heterocycles. The molecule has 3 nitrogen and oxygen atoms in total. The summed E-state index contributed by atoms with van der Waals surface area (Å²) in [7, 11) is 1.91. The highest BCUT2D eigenvalue weighted by molar-refractivity contribution is 7.10. The molecular formula is C15H22N2OS. The van der Waals surface area contributed by atoms with Crippen LogP contribution in [-0.4, -0.2) is 30.9 Å². The maximum Gasteiger partial charge on any atom is 0.227 e. The molecule has 1 aromatic rings. The molecule has 0 aromatic carbocycles. The van der Waals surface area contributed by atoms with Crippen molar-refractivity contribution >= 4 is 17.2 Å². The molecule has 2 unspecified atom stereocenters. The zero-order valence-electron chi connectivity index (χ0n) is 11.7. The molecule has 1 aliphatic heterocycles. The SMILES string of the molecule is CNCC(C)C(=O)N1CCc2sccc2C1C1CC1. The molecule has 2 heterocycles. The van der Waals surface area contributed by atoms with Crippen molar-refractivity contribution in [1.29, 1.82) is 0 Å². The van der Waals surface area contributed by atoms with Crippen LogP contribution in [0.5, 0.6) is 0 Å². The Labute approximate surface area is 119 Å². The van der Waals surface area contributed by atoms with Crippen molar-refractivity contribution in [3.05, 3.63) is 21.9 Å². The van der Waals surface area contributed by atoms with E-state index in [0.29, 0.717) is 17.9 Å². The monoisotopic (exact) mass is 278 g/mol. The molecule has 4 heteroatoms. The molecule has 1 saturated carbocycles. The van der Waals surface area contributed by atoms with E-state index in [1.54, 1.807) is 0 Å². The Morgan fingerprint density at radius 3 is 3.05 bits per heavy atom. The molecule has 0 bridgehead atoms. The molecule has 19 heavy (non-hydrogen) atoms. The summed E-state index contributed by atoms with van der Waals surface area (Å²) in [5, 5.41) is 5.30. The minimum Gasteiger partial charge on any atom is -0.335 e. The fourth-order valence-electron chi connectivity index (χ4n) is 3.19. The lowest BCUT2D eigenvalue weighted by Gasteiger charge is -2.37. The summed E-state index contributed by atoms with van der Waals surface area (Å²) >= 11 is 1.86. The number of fused-ring (bicyclic) bond motifs is 1. The van der Waals surface area contributed by atoms with Gasteiger partial charge in [-0.3, -0.25) is 4.79 Å². The van der Waals surface area contributed by atoms with E-state index in [1.165, 1.54) is 23.3 Å². The number of rotatable bonds is 4. The van der Waals surface area contributed by atoms with Gasteiger partial charge in [0.1, 0.15) is 0 Å². The Balaban J connectivity index is 1.83. The van der Waals surface area contributed by atoms with Crippen LogP contribution in [0.1, 0.15) is 36.2 Å². The van der Waals surface area contributed by atoms with Gasteiger partial charge >= 0.3 is 0 Å². The highest BCUT2D eigenvalue weighted by Gasteiger charge is 2.42. The number of nitrogens with one attached hydrogen (secondary N) is 1. The van der Waals surface area contributed by atoms with Crippen LogP contribution in [0.2, 0.25) is 0 Å². The van der Waals surface area contributed by atoms with Gasteiger partial charge in [0.2, 0.25) is 5.91 Å². The normalized spacial score (nSPS) is 24.1. The second-order valence-corrected chi connectivity index (χ2v) is 6.82. The van der Waals surface area contributed by atoms with Crippen molar-refractivity contribution in [1.82, 2.24) is 10.2 Å². The Hall–Kier alpha value is -0.870. The average Bonchev–Trinajstić information content (AvgIpc) is 3.13. The molecular weight excluding hydrogens is 256 g/mol. The number of hydrogen-bond donors (Lipinski definition) is 1. The van der Waals surface area contributed by atoms with Crippen molar-refractivity contribution in [2.75, 3.05) is 20.1 Å². The van der Waals surface area contributed by atoms with Gasteiger partial charge in [0.25, 0.3) is 0 Å². The fraction of sp³-hybridized carbons (Fsp3) is 0.667. The van der Waals surface area contributed by atoms with E-state index >= 15 is 0 Å². The third kappa shape index (κ3) is 2.43. The Bertz CT molecular complexity index is 466. The van der Waals surface area contributed by atoms with E-state index in [1.807, 2.05) is 25.3 Å². The third-order valence-corrected chi connectivity index (χ3v) is 5.29. The van der Waals surface area contributed by atoms with Crippen LogP contribution in [-0.2, 0) is 11.2 Å². The Morgan fingerprint density at radius 2 is 2.37 bits per heavy atom. The second-order valence-electron chi connectivity index (χ2n) is 5.82. The van der Waals surface area contributed by atoms with E-state index in [0.717, 1.165) is 19.5 Å². The van der Waals surface area contributed by atoms with Crippen LogP contribution in [0, 0.1) is 11.8 Å². The van der Waals surface area contributed by atoms with Gasteiger partial charge in [-0.1, -0.05) is 6.92 Å². The van der Waals surface area contributed by atoms with Gasteiger partial charge in [0, 0.05) is 23.9 Å². The summed E-state index contributed by atoms with van der Waals surface area (Å²) in [4.78, 5) is 16.3. The fourth-order valence-corrected chi connectivity index (χ4v) is 4.10. The maximum atomic E-state index is 12.7. The average molecular weight is 278 g/mol. The molecule has 1 aliphatic carbocycles. The van der Waals surface area contributed by atoms with E-state index in [2.05, 4.69) is 21.7 Å². The predicted octanol–water partition coefficient (Wildman–Crippen LogP) is 2.44. The van der Waals surface area contributed by atoms with E-state index in [9.17, 15) is 4.79 Å². The zero-order valence-corrected chi connectivity index (χ0v) is 12.5. The lowest BCUT2D eigenvalue weighted by molar-refractivity contribution is -0.138. The van der Waals surface area contributed by atoms with Gasteiger partial charge in [-0.15, -0.1) is 11.3 Å². The van der Waals surface area contributed by atoms with Gasteiger partial charge in [-0.2, -0.15) is 0 Å². The quantitative estimate of drug-likeness (QED) is 0.917. The standard InChI is InChI=1S/C15H22N2OS/c1-10(9-16-2)15(18)17-7-5-13-12(6-8-19-13)14(17)11-3-4-11/h6,8,10-11,14,16H,3-5,7,9H2,1-2H3. The largest absolute Gasteiger partial charge is 0.335 e. The van der Waals surface area contributed by atoms with Crippen molar-refractivity contribution in [3.8, 4) is 0 Å². The topological polar surface area (TPSA) is 32.3 Å². The van der Waals surface area contributed by atoms with Crippen molar-refractivity contribution in [2.24, 2.45) is 11.8 Å². The molecule has 2 aliphatic rings. The van der Waals surface area contributed by atoms with Gasteiger partial charge in [0.05, 0.1) is 6.04 Å². The van der Waals surface area contributed by atoms with Crippen molar-refractivity contribution in [2.45, 2.75) is 32.2 Å². The Kier molecular flexibility index (Phi) is 3.63. The van der Waals surface area contributed by atoms with Gasteiger partial charge in [-0.05, 0) is 49.2 Å². The van der Waals surface area contributed by atoms with Crippen LogP contribution in [0.3, 0.4) is 0 Å². The predicted molar refractivity (Wildman–Crippen MR) is 78.3 cm³/mol. The first-order valence-corrected chi connectivity index (χ1v) is 8.11. The van der Waals surface area contributed by atoms with Crippen LogP contribution in [0.25, 0.3) is 0 Å². The number of amides is 1. The maximum absolute atomic E-state index is 12.7.